The third-order valence-corrected chi connectivity index (χ3v) is 3.11. The number of hydrogen-bond acceptors (Lipinski definition) is 2. The minimum absolute atomic E-state index is 0.00810. The number of carboxylic acid groups (broad SMARTS) is 1. The van der Waals surface area contributed by atoms with Crippen LogP contribution in [0.4, 0.5) is 0 Å². The van der Waals surface area contributed by atoms with Gasteiger partial charge in [-0.1, -0.05) is 19.8 Å². The van der Waals surface area contributed by atoms with E-state index in [0.717, 1.165) is 25.7 Å². The van der Waals surface area contributed by atoms with Gasteiger partial charge in [0, 0.05) is 11.5 Å². The first-order valence-electron chi connectivity index (χ1n) is 5.47. The summed E-state index contributed by atoms with van der Waals surface area (Å²) < 4.78 is 0. The van der Waals surface area contributed by atoms with Crippen LogP contribution in [0, 0.1) is 5.41 Å². The van der Waals surface area contributed by atoms with Crippen molar-refractivity contribution < 1.29 is 14.7 Å². The van der Waals surface area contributed by atoms with Crippen molar-refractivity contribution in [2.24, 2.45) is 5.41 Å². The van der Waals surface area contributed by atoms with Crippen molar-refractivity contribution in [3.63, 3.8) is 0 Å². The maximum atomic E-state index is 11.9. The summed E-state index contributed by atoms with van der Waals surface area (Å²) in [7, 11) is 0. The summed E-state index contributed by atoms with van der Waals surface area (Å²) in [5.41, 5.74) is -0.271. The molecule has 86 valence electrons. The lowest BCUT2D eigenvalue weighted by Crippen LogP contribution is -2.42. The Labute approximate surface area is 90.0 Å². The van der Waals surface area contributed by atoms with Crippen molar-refractivity contribution in [2.45, 2.75) is 52.0 Å². The Morgan fingerprint density at radius 1 is 1.40 bits per heavy atom. The maximum Gasteiger partial charge on any atom is 0.305 e. The highest BCUT2D eigenvalue weighted by Gasteiger charge is 2.36. The predicted octanol–water partition coefficient (Wildman–Crippen LogP) is 1.55. The SMILES string of the molecule is CC(CC(=O)O)NC(=O)C1(C)CCCC1. The first-order chi connectivity index (χ1) is 6.94. The molecule has 0 aromatic rings. The van der Waals surface area contributed by atoms with Gasteiger partial charge in [-0.3, -0.25) is 9.59 Å². The summed E-state index contributed by atoms with van der Waals surface area (Å²) in [6.07, 6.45) is 4.01. The van der Waals surface area contributed by atoms with Crippen LogP contribution in [0.25, 0.3) is 0 Å². The lowest BCUT2D eigenvalue weighted by Gasteiger charge is -2.24. The molecule has 0 spiro atoms. The van der Waals surface area contributed by atoms with Gasteiger partial charge in [0.05, 0.1) is 6.42 Å². The van der Waals surface area contributed by atoms with Crippen LogP contribution < -0.4 is 5.32 Å². The van der Waals surface area contributed by atoms with Crippen molar-refractivity contribution in [1.82, 2.24) is 5.32 Å². The van der Waals surface area contributed by atoms with Crippen molar-refractivity contribution in [2.75, 3.05) is 0 Å². The summed E-state index contributed by atoms with van der Waals surface area (Å²) in [6.45, 7) is 3.69. The van der Waals surface area contributed by atoms with Crippen molar-refractivity contribution >= 4 is 11.9 Å². The third-order valence-electron chi connectivity index (χ3n) is 3.11. The molecule has 0 heterocycles. The van der Waals surface area contributed by atoms with E-state index in [1.165, 1.54) is 0 Å². The summed E-state index contributed by atoms with van der Waals surface area (Å²) in [6, 6.07) is -0.285. The fourth-order valence-electron chi connectivity index (χ4n) is 2.09. The average molecular weight is 213 g/mol. The number of carbonyl (C=O) groups excluding carboxylic acids is 1. The van der Waals surface area contributed by atoms with E-state index < -0.39 is 5.97 Å². The van der Waals surface area contributed by atoms with E-state index in [1.807, 2.05) is 6.92 Å². The van der Waals surface area contributed by atoms with E-state index in [-0.39, 0.29) is 23.8 Å². The fourth-order valence-corrected chi connectivity index (χ4v) is 2.09. The monoisotopic (exact) mass is 213 g/mol. The van der Waals surface area contributed by atoms with Gasteiger partial charge in [0.25, 0.3) is 0 Å². The Kier molecular flexibility index (Phi) is 3.72. The first kappa shape index (κ1) is 12.0. The number of aliphatic carboxylic acids is 1. The maximum absolute atomic E-state index is 11.9. The molecular weight excluding hydrogens is 194 g/mol. The minimum atomic E-state index is -0.876. The second-order valence-corrected chi connectivity index (χ2v) is 4.74. The quantitative estimate of drug-likeness (QED) is 0.744. The number of nitrogens with one attached hydrogen (secondary N) is 1. The van der Waals surface area contributed by atoms with E-state index in [0.29, 0.717) is 0 Å². The molecule has 0 radical (unpaired) electrons. The highest BCUT2D eigenvalue weighted by Crippen LogP contribution is 2.37. The zero-order chi connectivity index (χ0) is 11.5. The molecule has 0 saturated heterocycles. The summed E-state index contributed by atoms with van der Waals surface area (Å²) in [5.74, 6) is -0.867. The molecule has 0 aromatic heterocycles. The van der Waals surface area contributed by atoms with Gasteiger partial charge in [-0.2, -0.15) is 0 Å². The molecule has 2 N–H and O–H groups in total. The molecule has 1 aliphatic rings. The fraction of sp³-hybridized carbons (Fsp3) is 0.818. The largest absolute Gasteiger partial charge is 0.481 e. The molecule has 0 aromatic carbocycles. The number of amides is 1. The first-order valence-corrected chi connectivity index (χ1v) is 5.47. The van der Waals surface area contributed by atoms with E-state index >= 15 is 0 Å². The van der Waals surface area contributed by atoms with Gasteiger partial charge in [0.2, 0.25) is 5.91 Å². The highest BCUT2D eigenvalue weighted by atomic mass is 16.4. The number of hydrogen-bond donors (Lipinski definition) is 2. The van der Waals surface area contributed by atoms with Crippen LogP contribution in [0.2, 0.25) is 0 Å². The summed E-state index contributed by atoms with van der Waals surface area (Å²) in [5, 5.41) is 11.3. The van der Waals surface area contributed by atoms with Gasteiger partial charge in [0.15, 0.2) is 0 Å². The Morgan fingerprint density at radius 3 is 2.40 bits per heavy atom. The lowest BCUT2D eigenvalue weighted by molar-refractivity contribution is -0.138. The molecule has 1 fully saturated rings. The molecule has 0 bridgehead atoms. The molecule has 1 atom stereocenters. The van der Waals surface area contributed by atoms with Crippen LogP contribution in [-0.2, 0) is 9.59 Å². The van der Waals surface area contributed by atoms with Crippen LogP contribution in [0.1, 0.15) is 46.0 Å². The Bertz CT molecular complexity index is 257. The van der Waals surface area contributed by atoms with Crippen molar-refractivity contribution in [3.8, 4) is 0 Å². The second kappa shape index (κ2) is 4.64. The molecule has 0 aliphatic heterocycles. The highest BCUT2D eigenvalue weighted by molar-refractivity contribution is 5.83. The molecule has 4 nitrogen and oxygen atoms in total. The van der Waals surface area contributed by atoms with Gasteiger partial charge in [-0.15, -0.1) is 0 Å². The molecular formula is C11H19NO3. The minimum Gasteiger partial charge on any atom is -0.481 e. The molecule has 1 unspecified atom stereocenters. The van der Waals surface area contributed by atoms with Crippen LogP contribution in [-0.4, -0.2) is 23.0 Å². The topological polar surface area (TPSA) is 66.4 Å². The van der Waals surface area contributed by atoms with Crippen molar-refractivity contribution in [3.05, 3.63) is 0 Å². The number of carboxylic acids is 1. The predicted molar refractivity (Wildman–Crippen MR) is 56.4 cm³/mol. The Morgan fingerprint density at radius 2 is 1.93 bits per heavy atom. The second-order valence-electron chi connectivity index (χ2n) is 4.74. The average Bonchev–Trinajstić information content (AvgIpc) is 2.51. The van der Waals surface area contributed by atoms with Crippen LogP contribution in [0.3, 0.4) is 0 Å². The van der Waals surface area contributed by atoms with Gasteiger partial charge in [-0.05, 0) is 19.8 Å². The molecule has 1 aliphatic carbocycles. The zero-order valence-corrected chi connectivity index (χ0v) is 9.38. The molecule has 4 heteroatoms. The smallest absolute Gasteiger partial charge is 0.305 e. The zero-order valence-electron chi connectivity index (χ0n) is 9.38. The number of rotatable bonds is 4. The third kappa shape index (κ3) is 3.22. The van der Waals surface area contributed by atoms with Gasteiger partial charge in [-0.25, -0.2) is 0 Å². The van der Waals surface area contributed by atoms with Gasteiger partial charge < -0.3 is 10.4 Å². The summed E-state index contributed by atoms with van der Waals surface area (Å²) >= 11 is 0. The van der Waals surface area contributed by atoms with Crippen LogP contribution in [0.5, 0.6) is 0 Å². The van der Waals surface area contributed by atoms with Crippen molar-refractivity contribution in [1.29, 1.82) is 0 Å². The van der Waals surface area contributed by atoms with E-state index in [2.05, 4.69) is 5.32 Å². The van der Waals surface area contributed by atoms with E-state index in [4.69, 9.17) is 5.11 Å². The van der Waals surface area contributed by atoms with Crippen LogP contribution in [0.15, 0.2) is 0 Å². The molecule has 1 rings (SSSR count). The summed E-state index contributed by atoms with van der Waals surface area (Å²) in [4.78, 5) is 22.3. The van der Waals surface area contributed by atoms with E-state index in [1.54, 1.807) is 6.92 Å². The lowest BCUT2D eigenvalue weighted by atomic mass is 9.87. The van der Waals surface area contributed by atoms with Gasteiger partial charge >= 0.3 is 5.97 Å². The van der Waals surface area contributed by atoms with E-state index in [9.17, 15) is 9.59 Å². The standard InChI is InChI=1S/C11H19NO3/c1-8(7-9(13)14)12-10(15)11(2)5-3-4-6-11/h8H,3-7H2,1-2H3,(H,12,15)(H,13,14). The number of carbonyl (C=O) groups is 2. The van der Waals surface area contributed by atoms with Gasteiger partial charge in [0.1, 0.15) is 0 Å². The Balaban J connectivity index is 2.44. The Hall–Kier alpha value is -1.06. The molecule has 1 saturated carbocycles. The van der Waals surface area contributed by atoms with Crippen LogP contribution >= 0.6 is 0 Å². The molecule has 15 heavy (non-hydrogen) atoms. The normalized spacial score (nSPS) is 20.9. The molecule has 1 amide bonds.